The third-order valence-electron chi connectivity index (χ3n) is 2.75. The summed E-state index contributed by atoms with van der Waals surface area (Å²) in [6, 6.07) is 0. The highest BCUT2D eigenvalue weighted by Crippen LogP contribution is 2.42. The molecule has 2 heterocycles. The second-order valence-corrected chi connectivity index (χ2v) is 4.57. The van der Waals surface area contributed by atoms with Crippen molar-refractivity contribution in [3.05, 3.63) is 10.4 Å². The molecule has 1 saturated carbocycles. The van der Waals surface area contributed by atoms with Crippen LogP contribution < -0.4 is 5.32 Å². The molecule has 3 rings (SSSR count). The number of imidazole rings is 1. The molecule has 0 saturated heterocycles. The SMILES string of the molecule is Brc1nc(C2CC2)n2c1NCCC2. The van der Waals surface area contributed by atoms with Crippen LogP contribution in [0, 0.1) is 0 Å². The summed E-state index contributed by atoms with van der Waals surface area (Å²) in [4.78, 5) is 4.57. The fourth-order valence-corrected chi connectivity index (χ4v) is 2.47. The van der Waals surface area contributed by atoms with Gasteiger partial charge in [-0.3, -0.25) is 0 Å². The lowest BCUT2D eigenvalue weighted by Crippen LogP contribution is -2.18. The summed E-state index contributed by atoms with van der Waals surface area (Å²) in [5.74, 6) is 3.21. The van der Waals surface area contributed by atoms with Crippen molar-refractivity contribution >= 4 is 21.7 Å². The number of rotatable bonds is 1. The molecule has 4 heteroatoms. The molecule has 13 heavy (non-hydrogen) atoms. The van der Waals surface area contributed by atoms with Gasteiger partial charge >= 0.3 is 0 Å². The second-order valence-electron chi connectivity index (χ2n) is 3.82. The Kier molecular flexibility index (Phi) is 1.65. The summed E-state index contributed by atoms with van der Waals surface area (Å²) < 4.78 is 3.33. The lowest BCUT2D eigenvalue weighted by atomic mass is 10.3. The molecule has 1 N–H and O–H groups in total. The van der Waals surface area contributed by atoms with Crippen molar-refractivity contribution in [2.45, 2.75) is 31.7 Å². The molecule has 0 radical (unpaired) electrons. The number of nitrogens with one attached hydrogen (secondary N) is 1. The Balaban J connectivity index is 2.09. The molecule has 0 amide bonds. The van der Waals surface area contributed by atoms with Gasteiger partial charge in [-0.25, -0.2) is 4.98 Å². The molecular weight excluding hydrogens is 230 g/mol. The van der Waals surface area contributed by atoms with Crippen molar-refractivity contribution in [3.63, 3.8) is 0 Å². The molecule has 0 atom stereocenters. The molecule has 2 aliphatic rings. The van der Waals surface area contributed by atoms with Gasteiger partial charge in [0.05, 0.1) is 0 Å². The molecule has 70 valence electrons. The third kappa shape index (κ3) is 1.19. The maximum absolute atomic E-state index is 4.57. The van der Waals surface area contributed by atoms with Crippen molar-refractivity contribution in [1.29, 1.82) is 0 Å². The van der Waals surface area contributed by atoms with Crippen LogP contribution in [0.15, 0.2) is 4.60 Å². The van der Waals surface area contributed by atoms with E-state index >= 15 is 0 Å². The third-order valence-corrected chi connectivity index (χ3v) is 3.30. The summed E-state index contributed by atoms with van der Waals surface area (Å²) >= 11 is 3.50. The van der Waals surface area contributed by atoms with E-state index in [1.807, 2.05) is 0 Å². The van der Waals surface area contributed by atoms with E-state index in [-0.39, 0.29) is 0 Å². The predicted molar refractivity (Wildman–Crippen MR) is 55.0 cm³/mol. The van der Waals surface area contributed by atoms with Crippen LogP contribution in [0.2, 0.25) is 0 Å². The van der Waals surface area contributed by atoms with E-state index in [0.29, 0.717) is 0 Å². The van der Waals surface area contributed by atoms with Crippen molar-refractivity contribution in [2.75, 3.05) is 11.9 Å². The summed E-state index contributed by atoms with van der Waals surface area (Å²) in [5.41, 5.74) is 0. The van der Waals surface area contributed by atoms with E-state index in [1.165, 1.54) is 30.9 Å². The number of nitrogens with zero attached hydrogens (tertiary/aromatic N) is 2. The van der Waals surface area contributed by atoms with Crippen LogP contribution in [0.4, 0.5) is 5.82 Å². The Morgan fingerprint density at radius 2 is 2.31 bits per heavy atom. The van der Waals surface area contributed by atoms with Crippen LogP contribution in [-0.2, 0) is 6.54 Å². The molecule has 1 aliphatic carbocycles. The van der Waals surface area contributed by atoms with Gasteiger partial charge in [-0.15, -0.1) is 0 Å². The van der Waals surface area contributed by atoms with Gasteiger partial charge in [0.15, 0.2) is 0 Å². The molecule has 0 bridgehead atoms. The molecule has 0 aromatic carbocycles. The Hall–Kier alpha value is -0.510. The highest BCUT2D eigenvalue weighted by Gasteiger charge is 2.31. The quantitative estimate of drug-likeness (QED) is 0.819. The first-order valence-corrected chi connectivity index (χ1v) is 5.65. The second kappa shape index (κ2) is 2.74. The van der Waals surface area contributed by atoms with Gasteiger partial charge in [-0.05, 0) is 35.2 Å². The minimum absolute atomic E-state index is 0.741. The van der Waals surface area contributed by atoms with Crippen LogP contribution in [0.3, 0.4) is 0 Å². The van der Waals surface area contributed by atoms with Crippen molar-refractivity contribution < 1.29 is 0 Å². The molecule has 0 spiro atoms. The summed E-state index contributed by atoms with van der Waals surface area (Å²) in [6.07, 6.45) is 3.86. The Morgan fingerprint density at radius 3 is 3.08 bits per heavy atom. The maximum atomic E-state index is 4.57. The van der Waals surface area contributed by atoms with E-state index in [4.69, 9.17) is 0 Å². The zero-order valence-electron chi connectivity index (χ0n) is 7.39. The van der Waals surface area contributed by atoms with Crippen LogP contribution in [0.5, 0.6) is 0 Å². The van der Waals surface area contributed by atoms with Crippen molar-refractivity contribution in [3.8, 4) is 0 Å². The zero-order valence-corrected chi connectivity index (χ0v) is 8.97. The number of hydrogen-bond donors (Lipinski definition) is 1. The summed E-state index contributed by atoms with van der Waals surface area (Å²) in [5, 5.41) is 3.39. The van der Waals surface area contributed by atoms with Gasteiger partial charge in [0.2, 0.25) is 0 Å². The van der Waals surface area contributed by atoms with Gasteiger partial charge < -0.3 is 9.88 Å². The molecule has 1 aliphatic heterocycles. The van der Waals surface area contributed by atoms with E-state index in [1.54, 1.807) is 0 Å². The number of fused-ring (bicyclic) bond motifs is 1. The smallest absolute Gasteiger partial charge is 0.148 e. The maximum Gasteiger partial charge on any atom is 0.148 e. The van der Waals surface area contributed by atoms with Gasteiger partial charge in [0.25, 0.3) is 0 Å². The standard InChI is InChI=1S/C9H12BrN3/c10-7-9-11-4-1-5-13(9)8(12-7)6-2-3-6/h6,11H,1-5H2. The van der Waals surface area contributed by atoms with Crippen LogP contribution in [0.1, 0.15) is 31.0 Å². The van der Waals surface area contributed by atoms with Crippen molar-refractivity contribution in [2.24, 2.45) is 0 Å². The highest BCUT2D eigenvalue weighted by molar-refractivity contribution is 9.10. The first-order valence-electron chi connectivity index (χ1n) is 4.86. The fraction of sp³-hybridized carbons (Fsp3) is 0.667. The monoisotopic (exact) mass is 241 g/mol. The van der Waals surface area contributed by atoms with E-state index in [2.05, 4.69) is 30.8 Å². The predicted octanol–water partition coefficient (Wildman–Crippen LogP) is 2.34. The van der Waals surface area contributed by atoms with Gasteiger partial charge in [-0.1, -0.05) is 0 Å². The topological polar surface area (TPSA) is 29.9 Å². The van der Waals surface area contributed by atoms with Gasteiger partial charge in [-0.2, -0.15) is 0 Å². The van der Waals surface area contributed by atoms with E-state index in [9.17, 15) is 0 Å². The molecule has 1 fully saturated rings. The molecule has 1 aromatic rings. The van der Waals surface area contributed by atoms with Crippen molar-refractivity contribution in [1.82, 2.24) is 9.55 Å². The number of hydrogen-bond acceptors (Lipinski definition) is 2. The molecule has 1 aromatic heterocycles. The average molecular weight is 242 g/mol. The normalized spacial score (nSPS) is 21.0. The highest BCUT2D eigenvalue weighted by atomic mass is 79.9. The van der Waals surface area contributed by atoms with Crippen LogP contribution >= 0.6 is 15.9 Å². The lowest BCUT2D eigenvalue weighted by molar-refractivity contribution is 0.601. The first kappa shape index (κ1) is 7.85. The Morgan fingerprint density at radius 1 is 1.46 bits per heavy atom. The molecule has 3 nitrogen and oxygen atoms in total. The minimum atomic E-state index is 0.741. The zero-order chi connectivity index (χ0) is 8.84. The van der Waals surface area contributed by atoms with Crippen LogP contribution in [0.25, 0.3) is 0 Å². The van der Waals surface area contributed by atoms with Gasteiger partial charge in [0.1, 0.15) is 16.2 Å². The van der Waals surface area contributed by atoms with Gasteiger partial charge in [0, 0.05) is 19.0 Å². The summed E-state index contributed by atoms with van der Waals surface area (Å²) in [7, 11) is 0. The van der Waals surface area contributed by atoms with Crippen LogP contribution in [-0.4, -0.2) is 16.1 Å². The number of anilines is 1. The molecular formula is C9H12BrN3. The van der Waals surface area contributed by atoms with E-state index in [0.717, 1.165) is 23.6 Å². The number of aromatic nitrogens is 2. The average Bonchev–Trinajstić information content (AvgIpc) is 2.94. The van der Waals surface area contributed by atoms with E-state index < -0.39 is 0 Å². The molecule has 0 unspecified atom stereocenters. The fourth-order valence-electron chi connectivity index (χ4n) is 1.93. The lowest BCUT2D eigenvalue weighted by Gasteiger charge is -2.18. The summed E-state index contributed by atoms with van der Waals surface area (Å²) in [6.45, 7) is 2.21. The first-order chi connectivity index (χ1) is 6.36. The largest absolute Gasteiger partial charge is 0.369 e. The Labute approximate surface area is 85.7 Å². The Bertz CT molecular complexity index is 341. The number of halogens is 1. The minimum Gasteiger partial charge on any atom is -0.369 e.